The Labute approximate surface area is 74.1 Å². The number of nitro benzene ring substituents is 1. The van der Waals surface area contributed by atoms with E-state index in [1.165, 1.54) is 25.3 Å². The topological polar surface area (TPSA) is 52.4 Å². The number of methoxy groups -OCH3 is 1. The van der Waals surface area contributed by atoms with Crippen molar-refractivity contribution in [1.29, 1.82) is 0 Å². The molecule has 1 rings (SSSR count). The maximum absolute atomic E-state index is 12.1. The predicted molar refractivity (Wildman–Crippen MR) is 44.5 cm³/mol. The minimum absolute atomic E-state index is 0.141. The summed E-state index contributed by atoms with van der Waals surface area (Å²) in [5, 5.41) is 10.5. The van der Waals surface area contributed by atoms with Gasteiger partial charge < -0.3 is 4.74 Å². The van der Waals surface area contributed by atoms with Gasteiger partial charge in [0.05, 0.1) is 12.0 Å². The fraction of sp³-hybridized carbons (Fsp3) is 0.250. The summed E-state index contributed by atoms with van der Waals surface area (Å²) >= 11 is 0. The number of alkyl halides is 1. The molecule has 0 fully saturated rings. The summed E-state index contributed by atoms with van der Waals surface area (Å²) in [7, 11) is 1.33. The van der Waals surface area contributed by atoms with E-state index in [0.29, 0.717) is 0 Å². The zero-order valence-corrected chi connectivity index (χ0v) is 6.99. The molecule has 70 valence electrons. The lowest BCUT2D eigenvalue weighted by Gasteiger charge is -2.01. The van der Waals surface area contributed by atoms with Gasteiger partial charge >= 0.3 is 5.69 Å². The zero-order valence-electron chi connectivity index (χ0n) is 6.99. The van der Waals surface area contributed by atoms with Crippen molar-refractivity contribution in [2.75, 3.05) is 7.11 Å². The van der Waals surface area contributed by atoms with Crippen LogP contribution in [0.1, 0.15) is 5.56 Å². The number of halogens is 1. The van der Waals surface area contributed by atoms with Gasteiger partial charge in [-0.2, -0.15) is 0 Å². The first-order valence-corrected chi connectivity index (χ1v) is 3.56. The molecule has 5 heteroatoms. The lowest BCUT2D eigenvalue weighted by molar-refractivity contribution is -0.385. The highest BCUT2D eigenvalue weighted by Gasteiger charge is 2.14. The Kier molecular flexibility index (Phi) is 2.79. The number of hydrogen-bond acceptors (Lipinski definition) is 3. The smallest absolute Gasteiger partial charge is 0.311 e. The molecule has 0 bridgehead atoms. The normalized spacial score (nSPS) is 9.69. The van der Waals surface area contributed by atoms with Crippen LogP contribution in [0.3, 0.4) is 0 Å². The fourth-order valence-corrected chi connectivity index (χ4v) is 0.961. The number of nitro groups is 1. The molecule has 0 aliphatic heterocycles. The molecule has 0 spiro atoms. The van der Waals surface area contributed by atoms with E-state index in [4.69, 9.17) is 4.74 Å². The van der Waals surface area contributed by atoms with Crippen molar-refractivity contribution in [1.82, 2.24) is 0 Å². The molecule has 0 aliphatic carbocycles. The van der Waals surface area contributed by atoms with E-state index in [2.05, 4.69) is 0 Å². The second kappa shape index (κ2) is 3.84. The standard InChI is InChI=1S/C8H8FNO3/c1-13-8-3-2-6(5-9)4-7(8)10(11)12/h2-4H,5H2,1H3. The molecular formula is C8H8FNO3. The minimum Gasteiger partial charge on any atom is -0.490 e. The van der Waals surface area contributed by atoms with Crippen LogP contribution in [0, 0.1) is 10.1 Å². The van der Waals surface area contributed by atoms with E-state index in [-0.39, 0.29) is 17.0 Å². The van der Waals surface area contributed by atoms with Crippen LogP contribution >= 0.6 is 0 Å². The van der Waals surface area contributed by atoms with Crippen molar-refractivity contribution in [2.45, 2.75) is 6.67 Å². The van der Waals surface area contributed by atoms with Crippen molar-refractivity contribution < 1.29 is 14.1 Å². The van der Waals surface area contributed by atoms with Crippen molar-refractivity contribution in [3.8, 4) is 5.75 Å². The predicted octanol–water partition coefficient (Wildman–Crippen LogP) is 2.07. The summed E-state index contributed by atoms with van der Waals surface area (Å²) in [5.74, 6) is 0.141. The number of hydrogen-bond donors (Lipinski definition) is 0. The molecule has 0 unspecified atom stereocenters. The lowest BCUT2D eigenvalue weighted by atomic mass is 10.2. The van der Waals surface area contributed by atoms with Crippen LogP contribution in [0.15, 0.2) is 18.2 Å². The summed E-state index contributed by atoms with van der Waals surface area (Å²) in [6.07, 6.45) is 0. The molecule has 0 amide bonds. The summed E-state index contributed by atoms with van der Waals surface area (Å²) in [5.41, 5.74) is 0.0603. The number of ether oxygens (including phenoxy) is 1. The Balaban J connectivity index is 3.18. The molecule has 0 saturated heterocycles. The third-order valence-corrected chi connectivity index (χ3v) is 1.59. The Morgan fingerprint density at radius 1 is 1.62 bits per heavy atom. The van der Waals surface area contributed by atoms with Gasteiger partial charge in [-0.15, -0.1) is 0 Å². The first-order valence-electron chi connectivity index (χ1n) is 3.56. The molecule has 4 nitrogen and oxygen atoms in total. The van der Waals surface area contributed by atoms with E-state index in [1.807, 2.05) is 0 Å². The van der Waals surface area contributed by atoms with Gasteiger partial charge in [-0.05, 0) is 11.6 Å². The first-order chi connectivity index (χ1) is 6.19. The molecule has 0 aliphatic rings. The van der Waals surface area contributed by atoms with Crippen molar-refractivity contribution in [3.05, 3.63) is 33.9 Å². The maximum Gasteiger partial charge on any atom is 0.311 e. The van der Waals surface area contributed by atoms with Crippen LogP contribution in [0.5, 0.6) is 5.75 Å². The second-order valence-electron chi connectivity index (χ2n) is 2.40. The van der Waals surface area contributed by atoms with Crippen LogP contribution in [-0.2, 0) is 6.67 Å². The molecule has 1 aromatic carbocycles. The highest BCUT2D eigenvalue weighted by Crippen LogP contribution is 2.27. The van der Waals surface area contributed by atoms with Gasteiger partial charge in [0.1, 0.15) is 6.67 Å². The van der Waals surface area contributed by atoms with E-state index in [9.17, 15) is 14.5 Å². The van der Waals surface area contributed by atoms with E-state index >= 15 is 0 Å². The largest absolute Gasteiger partial charge is 0.490 e. The van der Waals surface area contributed by atoms with Crippen molar-refractivity contribution in [2.24, 2.45) is 0 Å². The summed E-state index contributed by atoms with van der Waals surface area (Å²) in [6, 6.07) is 4.00. The van der Waals surface area contributed by atoms with Gasteiger partial charge in [-0.25, -0.2) is 4.39 Å². The Bertz CT molecular complexity index is 327. The molecular weight excluding hydrogens is 177 g/mol. The number of nitrogens with zero attached hydrogens (tertiary/aromatic N) is 1. The molecule has 13 heavy (non-hydrogen) atoms. The van der Waals surface area contributed by atoms with Gasteiger partial charge in [0.25, 0.3) is 0 Å². The van der Waals surface area contributed by atoms with Gasteiger partial charge in [-0.1, -0.05) is 6.07 Å². The average Bonchev–Trinajstić information content (AvgIpc) is 2.16. The van der Waals surface area contributed by atoms with Crippen LogP contribution in [0.2, 0.25) is 0 Å². The average molecular weight is 185 g/mol. The van der Waals surface area contributed by atoms with Gasteiger partial charge in [-0.3, -0.25) is 10.1 Å². The fourth-order valence-electron chi connectivity index (χ4n) is 0.961. The first kappa shape index (κ1) is 9.44. The molecule has 0 saturated carbocycles. The minimum atomic E-state index is -0.717. The lowest BCUT2D eigenvalue weighted by Crippen LogP contribution is -1.94. The molecule has 0 heterocycles. The van der Waals surface area contributed by atoms with E-state index < -0.39 is 11.6 Å². The van der Waals surface area contributed by atoms with Crippen molar-refractivity contribution >= 4 is 5.69 Å². The van der Waals surface area contributed by atoms with Gasteiger partial charge in [0, 0.05) is 6.07 Å². The van der Waals surface area contributed by atoms with Crippen molar-refractivity contribution in [3.63, 3.8) is 0 Å². The number of rotatable bonds is 3. The Morgan fingerprint density at radius 2 is 2.31 bits per heavy atom. The highest BCUT2D eigenvalue weighted by molar-refractivity contribution is 5.48. The summed E-state index contributed by atoms with van der Waals surface area (Å²) < 4.78 is 16.9. The quantitative estimate of drug-likeness (QED) is 0.535. The second-order valence-corrected chi connectivity index (χ2v) is 2.40. The monoisotopic (exact) mass is 185 g/mol. The molecule has 0 radical (unpaired) electrons. The molecule has 0 atom stereocenters. The molecule has 0 N–H and O–H groups in total. The summed E-state index contributed by atoms with van der Waals surface area (Å²) in [6.45, 7) is -0.717. The third-order valence-electron chi connectivity index (χ3n) is 1.59. The van der Waals surface area contributed by atoms with Crippen LogP contribution in [0.25, 0.3) is 0 Å². The van der Waals surface area contributed by atoms with E-state index in [1.54, 1.807) is 0 Å². The highest BCUT2D eigenvalue weighted by atomic mass is 19.1. The molecule has 0 aromatic heterocycles. The Morgan fingerprint density at radius 3 is 2.77 bits per heavy atom. The van der Waals surface area contributed by atoms with Gasteiger partial charge in [0.2, 0.25) is 0 Å². The number of benzene rings is 1. The SMILES string of the molecule is COc1ccc(CF)cc1[N+](=O)[O-]. The Hall–Kier alpha value is -1.65. The van der Waals surface area contributed by atoms with Crippen LogP contribution in [0.4, 0.5) is 10.1 Å². The van der Waals surface area contributed by atoms with Crippen LogP contribution < -0.4 is 4.74 Å². The van der Waals surface area contributed by atoms with Gasteiger partial charge in [0.15, 0.2) is 5.75 Å². The van der Waals surface area contributed by atoms with E-state index in [0.717, 1.165) is 0 Å². The molecule has 1 aromatic rings. The third kappa shape index (κ3) is 1.93. The maximum atomic E-state index is 12.1. The summed E-state index contributed by atoms with van der Waals surface area (Å²) in [4.78, 5) is 9.85. The zero-order chi connectivity index (χ0) is 9.84. The van der Waals surface area contributed by atoms with Crippen LogP contribution in [-0.4, -0.2) is 12.0 Å².